The van der Waals surface area contributed by atoms with Crippen LogP contribution in [0.5, 0.6) is 0 Å². The van der Waals surface area contributed by atoms with E-state index in [0.717, 1.165) is 37.7 Å². The Morgan fingerprint density at radius 3 is 2.93 bits per heavy atom. The van der Waals surface area contributed by atoms with Gasteiger partial charge in [-0.05, 0) is 25.8 Å². The molecule has 1 saturated heterocycles. The molecule has 1 fully saturated rings. The van der Waals surface area contributed by atoms with E-state index in [0.29, 0.717) is 30.5 Å². The zero-order chi connectivity index (χ0) is 18.4. The van der Waals surface area contributed by atoms with Crippen molar-refractivity contribution in [1.82, 2.24) is 34.0 Å². The van der Waals surface area contributed by atoms with Gasteiger partial charge in [0.15, 0.2) is 5.82 Å². The molecule has 5 heterocycles. The van der Waals surface area contributed by atoms with Crippen molar-refractivity contribution in [1.29, 1.82) is 0 Å². The summed E-state index contributed by atoms with van der Waals surface area (Å²) in [5.74, 6) is 2.68. The molecule has 0 aliphatic carbocycles. The number of rotatable bonds is 2. The highest BCUT2D eigenvalue weighted by Crippen LogP contribution is 2.31. The lowest BCUT2D eigenvalue weighted by molar-refractivity contribution is 0.0663. The molecule has 0 N–H and O–H groups in total. The number of fused-ring (bicyclic) bond motifs is 2. The van der Waals surface area contributed by atoms with E-state index in [9.17, 15) is 4.79 Å². The van der Waals surface area contributed by atoms with Crippen molar-refractivity contribution < 1.29 is 9.53 Å². The number of ether oxygens (including phenoxy) is 1. The minimum atomic E-state index is -0.103. The van der Waals surface area contributed by atoms with Crippen molar-refractivity contribution in [2.24, 2.45) is 0 Å². The van der Waals surface area contributed by atoms with Crippen LogP contribution >= 0.6 is 0 Å². The third-order valence-corrected chi connectivity index (χ3v) is 5.38. The molecule has 9 nitrogen and oxygen atoms in total. The number of hydrogen-bond donors (Lipinski definition) is 0. The van der Waals surface area contributed by atoms with E-state index in [1.807, 2.05) is 12.3 Å². The normalized spacial score (nSPS) is 20.8. The molecule has 140 valence electrons. The molecule has 1 atom stereocenters. The summed E-state index contributed by atoms with van der Waals surface area (Å²) in [5.41, 5.74) is 0.401. The van der Waals surface area contributed by atoms with Crippen LogP contribution in [-0.2, 0) is 11.3 Å². The zero-order valence-electron chi connectivity index (χ0n) is 15.2. The maximum Gasteiger partial charge on any atom is 0.274 e. The van der Waals surface area contributed by atoms with Crippen molar-refractivity contribution in [3.05, 3.63) is 42.0 Å². The lowest BCUT2D eigenvalue weighted by Gasteiger charge is -2.33. The van der Waals surface area contributed by atoms with Crippen molar-refractivity contribution >= 4 is 11.7 Å². The standard InChI is InChI=1S/C18H21N7O2/c1-12-9-24(17(26)14-10-23-6-2-5-19-18(23)20-14)11-15-21-22-16(25(12)15)13-3-7-27-8-4-13/h2,5-6,10,12-13H,3-4,7-9,11H2,1H3/t12-/m0/s1. The Hall–Kier alpha value is -2.81. The molecular weight excluding hydrogens is 346 g/mol. The van der Waals surface area contributed by atoms with E-state index in [1.54, 1.807) is 21.7 Å². The third kappa shape index (κ3) is 2.78. The molecule has 0 bridgehead atoms. The summed E-state index contributed by atoms with van der Waals surface area (Å²) in [4.78, 5) is 23.3. The summed E-state index contributed by atoms with van der Waals surface area (Å²) < 4.78 is 9.44. The monoisotopic (exact) mass is 367 g/mol. The number of hydrogen-bond acceptors (Lipinski definition) is 6. The largest absolute Gasteiger partial charge is 0.381 e. The molecule has 27 heavy (non-hydrogen) atoms. The average Bonchev–Trinajstić information content (AvgIpc) is 3.32. The zero-order valence-corrected chi connectivity index (χ0v) is 15.2. The molecule has 5 rings (SSSR count). The molecule has 1 amide bonds. The van der Waals surface area contributed by atoms with Crippen LogP contribution in [-0.4, -0.2) is 59.7 Å². The van der Waals surface area contributed by atoms with Crippen LogP contribution in [0.25, 0.3) is 5.78 Å². The highest BCUT2D eigenvalue weighted by atomic mass is 16.5. The van der Waals surface area contributed by atoms with Gasteiger partial charge in [0.1, 0.15) is 11.5 Å². The Kier molecular flexibility index (Phi) is 3.89. The molecule has 0 unspecified atom stereocenters. The molecule has 0 spiro atoms. The third-order valence-electron chi connectivity index (χ3n) is 5.38. The summed E-state index contributed by atoms with van der Waals surface area (Å²) in [7, 11) is 0. The molecule has 3 aromatic rings. The van der Waals surface area contributed by atoms with Crippen molar-refractivity contribution in [2.75, 3.05) is 19.8 Å². The summed E-state index contributed by atoms with van der Waals surface area (Å²) in [6, 6.07) is 1.94. The van der Waals surface area contributed by atoms with Gasteiger partial charge in [-0.2, -0.15) is 0 Å². The predicted octanol–water partition coefficient (Wildman–Crippen LogP) is 1.43. The highest BCUT2D eigenvalue weighted by Gasteiger charge is 2.33. The number of imidazole rings is 1. The summed E-state index contributed by atoms with van der Waals surface area (Å²) in [5, 5.41) is 8.85. The summed E-state index contributed by atoms with van der Waals surface area (Å²) in [6.07, 6.45) is 7.17. The van der Waals surface area contributed by atoms with E-state index < -0.39 is 0 Å². The van der Waals surface area contributed by atoms with Gasteiger partial charge in [-0.25, -0.2) is 9.97 Å². The fourth-order valence-electron chi connectivity index (χ4n) is 4.05. The van der Waals surface area contributed by atoms with Gasteiger partial charge in [0.2, 0.25) is 5.78 Å². The predicted molar refractivity (Wildman–Crippen MR) is 95.3 cm³/mol. The van der Waals surface area contributed by atoms with Crippen LogP contribution in [0.15, 0.2) is 24.7 Å². The lowest BCUT2D eigenvalue weighted by atomic mass is 9.99. The van der Waals surface area contributed by atoms with Gasteiger partial charge in [0, 0.05) is 44.3 Å². The second-order valence-electron chi connectivity index (χ2n) is 7.22. The first-order chi connectivity index (χ1) is 13.2. The second-order valence-corrected chi connectivity index (χ2v) is 7.22. The first-order valence-corrected chi connectivity index (χ1v) is 9.31. The molecule has 3 aromatic heterocycles. The molecule has 0 radical (unpaired) electrons. The van der Waals surface area contributed by atoms with E-state index >= 15 is 0 Å². The quantitative estimate of drug-likeness (QED) is 0.681. The Bertz CT molecular complexity index is 956. The topological polar surface area (TPSA) is 90.4 Å². The minimum absolute atomic E-state index is 0.103. The Morgan fingerprint density at radius 1 is 1.26 bits per heavy atom. The van der Waals surface area contributed by atoms with Crippen molar-refractivity contribution in [2.45, 2.75) is 38.3 Å². The Balaban J connectivity index is 1.41. The summed E-state index contributed by atoms with van der Waals surface area (Å²) in [6.45, 7) is 4.71. The molecular formula is C18H21N7O2. The number of carbonyl (C=O) groups is 1. The van der Waals surface area contributed by atoms with Crippen LogP contribution in [0.1, 0.15) is 53.9 Å². The Labute approximate surface area is 156 Å². The second kappa shape index (κ2) is 6.41. The minimum Gasteiger partial charge on any atom is -0.381 e. The van der Waals surface area contributed by atoms with Crippen LogP contribution < -0.4 is 0 Å². The smallest absolute Gasteiger partial charge is 0.274 e. The average molecular weight is 367 g/mol. The van der Waals surface area contributed by atoms with E-state index in [1.165, 1.54) is 0 Å². The molecule has 0 saturated carbocycles. The van der Waals surface area contributed by atoms with Crippen molar-refractivity contribution in [3.8, 4) is 0 Å². The van der Waals surface area contributed by atoms with Gasteiger partial charge in [-0.1, -0.05) is 0 Å². The fraction of sp³-hybridized carbons (Fsp3) is 0.500. The van der Waals surface area contributed by atoms with Gasteiger partial charge in [-0.3, -0.25) is 9.20 Å². The maximum absolute atomic E-state index is 13.0. The molecule has 2 aliphatic heterocycles. The highest BCUT2D eigenvalue weighted by molar-refractivity contribution is 5.92. The van der Waals surface area contributed by atoms with Crippen LogP contribution in [0.3, 0.4) is 0 Å². The van der Waals surface area contributed by atoms with Gasteiger partial charge < -0.3 is 14.2 Å². The first kappa shape index (κ1) is 16.4. The fourth-order valence-corrected chi connectivity index (χ4v) is 4.05. The molecule has 2 aliphatic rings. The van der Waals surface area contributed by atoms with Crippen LogP contribution in [0.2, 0.25) is 0 Å². The van der Waals surface area contributed by atoms with Crippen LogP contribution in [0, 0.1) is 0 Å². The number of amides is 1. The Morgan fingerprint density at radius 2 is 2.11 bits per heavy atom. The van der Waals surface area contributed by atoms with E-state index in [2.05, 4.69) is 31.7 Å². The number of nitrogens with zero attached hydrogens (tertiary/aromatic N) is 7. The van der Waals surface area contributed by atoms with Gasteiger partial charge in [0.25, 0.3) is 5.91 Å². The number of aromatic nitrogens is 6. The van der Waals surface area contributed by atoms with Gasteiger partial charge >= 0.3 is 0 Å². The van der Waals surface area contributed by atoms with Crippen molar-refractivity contribution in [3.63, 3.8) is 0 Å². The summed E-state index contributed by atoms with van der Waals surface area (Å²) >= 11 is 0. The maximum atomic E-state index is 13.0. The van der Waals surface area contributed by atoms with Gasteiger partial charge in [0.05, 0.1) is 12.6 Å². The van der Waals surface area contributed by atoms with Gasteiger partial charge in [-0.15, -0.1) is 10.2 Å². The first-order valence-electron chi connectivity index (χ1n) is 9.31. The molecule has 9 heteroatoms. The van der Waals surface area contributed by atoms with Crippen LogP contribution in [0.4, 0.5) is 0 Å². The lowest BCUT2D eigenvalue weighted by Crippen LogP contribution is -2.41. The molecule has 0 aromatic carbocycles. The van der Waals surface area contributed by atoms with E-state index in [-0.39, 0.29) is 11.9 Å². The number of carbonyl (C=O) groups excluding carboxylic acids is 1. The SMILES string of the molecule is C[C@H]1CN(C(=O)c2cn3cccnc3n2)Cc2nnc(C3CCOCC3)n21. The van der Waals surface area contributed by atoms with E-state index in [4.69, 9.17) is 4.74 Å².